The van der Waals surface area contributed by atoms with Gasteiger partial charge >= 0.3 is 0 Å². The summed E-state index contributed by atoms with van der Waals surface area (Å²) in [4.78, 5) is 5.50. The smallest absolute Gasteiger partial charge is 0.121 e. The predicted octanol–water partition coefficient (Wildman–Crippen LogP) is 2.65. The number of hydrogen-bond donors (Lipinski definition) is 2. The van der Waals surface area contributed by atoms with Crippen LogP contribution in [0.25, 0.3) is 0 Å². The van der Waals surface area contributed by atoms with Crippen LogP contribution in [0, 0.1) is 6.92 Å². The van der Waals surface area contributed by atoms with Gasteiger partial charge in [-0.1, -0.05) is 0 Å². The van der Waals surface area contributed by atoms with Crippen LogP contribution in [-0.2, 0) is 6.54 Å². The Balaban J connectivity index is 2.04. The molecule has 0 radical (unpaired) electrons. The average Bonchev–Trinajstić information content (AvgIpc) is 2.73. The van der Waals surface area contributed by atoms with Crippen molar-refractivity contribution in [3.05, 3.63) is 34.3 Å². The molecule has 1 aromatic heterocycles. The molecule has 4 nitrogen and oxygen atoms in total. The summed E-state index contributed by atoms with van der Waals surface area (Å²) < 4.78 is 5.10. The number of hydrogen-bond acceptors (Lipinski definition) is 5. The lowest BCUT2D eigenvalue weighted by Gasteiger charge is -2.09. The van der Waals surface area contributed by atoms with Gasteiger partial charge in [-0.3, -0.25) is 0 Å². The van der Waals surface area contributed by atoms with Crippen molar-refractivity contribution in [1.29, 1.82) is 0 Å². The van der Waals surface area contributed by atoms with Crippen molar-refractivity contribution >= 4 is 22.7 Å². The molecule has 17 heavy (non-hydrogen) atoms. The second-order valence-corrected chi connectivity index (χ2v) is 4.99. The summed E-state index contributed by atoms with van der Waals surface area (Å²) in [6.07, 6.45) is 1.87. The second-order valence-electron chi connectivity index (χ2n) is 3.67. The molecule has 1 heterocycles. The quantitative estimate of drug-likeness (QED) is 0.818. The third-order valence-corrected chi connectivity index (χ3v) is 3.27. The number of nitrogens with zero attached hydrogens (tertiary/aromatic N) is 1. The molecule has 3 N–H and O–H groups in total. The summed E-state index contributed by atoms with van der Waals surface area (Å²) in [5.74, 6) is 0.762. The number of rotatable bonds is 4. The fourth-order valence-corrected chi connectivity index (χ4v) is 2.21. The minimum Gasteiger partial charge on any atom is -0.497 e. The van der Waals surface area contributed by atoms with Crippen molar-refractivity contribution in [1.82, 2.24) is 4.98 Å². The fraction of sp³-hybridized carbons (Fsp3) is 0.250. The minimum atomic E-state index is 0.678. The SMILES string of the molecule is COc1ccc(NCc2ncc(C)s2)c(N)c1. The van der Waals surface area contributed by atoms with E-state index in [9.17, 15) is 0 Å². The zero-order valence-electron chi connectivity index (χ0n) is 9.86. The van der Waals surface area contributed by atoms with Crippen molar-refractivity contribution < 1.29 is 4.74 Å². The molecule has 0 atom stereocenters. The van der Waals surface area contributed by atoms with E-state index in [1.165, 1.54) is 4.88 Å². The first-order chi connectivity index (χ1) is 8.19. The molecule has 0 spiro atoms. The lowest BCUT2D eigenvalue weighted by molar-refractivity contribution is 0.415. The Labute approximate surface area is 104 Å². The first kappa shape index (κ1) is 11.7. The molecule has 0 aliphatic heterocycles. The Kier molecular flexibility index (Phi) is 3.49. The van der Waals surface area contributed by atoms with Crippen LogP contribution in [0.1, 0.15) is 9.88 Å². The highest BCUT2D eigenvalue weighted by atomic mass is 32.1. The van der Waals surface area contributed by atoms with Crippen LogP contribution < -0.4 is 15.8 Å². The molecule has 2 aromatic rings. The van der Waals surface area contributed by atoms with E-state index in [1.54, 1.807) is 24.5 Å². The van der Waals surface area contributed by atoms with Crippen LogP contribution in [-0.4, -0.2) is 12.1 Å². The number of benzene rings is 1. The Bertz CT molecular complexity index is 510. The summed E-state index contributed by atoms with van der Waals surface area (Å²) in [5.41, 5.74) is 7.49. The summed E-state index contributed by atoms with van der Waals surface area (Å²) in [5, 5.41) is 4.31. The van der Waals surface area contributed by atoms with Crippen LogP contribution in [0.3, 0.4) is 0 Å². The number of aryl methyl sites for hydroxylation is 1. The van der Waals surface area contributed by atoms with Gasteiger partial charge in [0.25, 0.3) is 0 Å². The Morgan fingerprint density at radius 2 is 2.29 bits per heavy atom. The Morgan fingerprint density at radius 1 is 1.47 bits per heavy atom. The van der Waals surface area contributed by atoms with E-state index in [2.05, 4.69) is 10.3 Å². The number of nitrogens with one attached hydrogen (secondary N) is 1. The molecule has 2 rings (SSSR count). The van der Waals surface area contributed by atoms with Crippen LogP contribution in [0.2, 0.25) is 0 Å². The lowest BCUT2D eigenvalue weighted by Crippen LogP contribution is -2.02. The number of ether oxygens (including phenoxy) is 1. The molecule has 0 saturated heterocycles. The van der Waals surface area contributed by atoms with Crippen molar-refractivity contribution in [2.75, 3.05) is 18.2 Å². The molecule has 0 aliphatic rings. The van der Waals surface area contributed by atoms with Crippen molar-refractivity contribution in [3.8, 4) is 5.75 Å². The highest BCUT2D eigenvalue weighted by Gasteiger charge is 2.02. The molecule has 0 saturated carbocycles. The highest BCUT2D eigenvalue weighted by Crippen LogP contribution is 2.24. The second kappa shape index (κ2) is 5.05. The molecule has 5 heteroatoms. The number of methoxy groups -OCH3 is 1. The van der Waals surface area contributed by atoms with Gasteiger partial charge in [-0.2, -0.15) is 0 Å². The third kappa shape index (κ3) is 2.88. The highest BCUT2D eigenvalue weighted by molar-refractivity contribution is 7.11. The van der Waals surface area contributed by atoms with E-state index in [0.29, 0.717) is 12.2 Å². The number of thiazole rings is 1. The zero-order valence-corrected chi connectivity index (χ0v) is 10.7. The van der Waals surface area contributed by atoms with Gasteiger partial charge < -0.3 is 15.8 Å². The van der Waals surface area contributed by atoms with Gasteiger partial charge in [-0.25, -0.2) is 4.98 Å². The van der Waals surface area contributed by atoms with Gasteiger partial charge in [0.05, 0.1) is 25.0 Å². The summed E-state index contributed by atoms with van der Waals surface area (Å²) in [7, 11) is 1.63. The third-order valence-electron chi connectivity index (χ3n) is 2.36. The largest absolute Gasteiger partial charge is 0.497 e. The first-order valence-corrected chi connectivity index (χ1v) is 6.09. The van der Waals surface area contributed by atoms with Crippen molar-refractivity contribution in [3.63, 3.8) is 0 Å². The van der Waals surface area contributed by atoms with Crippen molar-refractivity contribution in [2.45, 2.75) is 13.5 Å². The lowest BCUT2D eigenvalue weighted by atomic mass is 10.2. The van der Waals surface area contributed by atoms with E-state index in [0.717, 1.165) is 16.4 Å². The molecule has 0 aliphatic carbocycles. The number of nitrogen functional groups attached to an aromatic ring is 1. The molecule has 0 amide bonds. The molecule has 0 bridgehead atoms. The van der Waals surface area contributed by atoms with Gasteiger partial charge in [-0.05, 0) is 19.1 Å². The molecule has 0 fully saturated rings. The molecule has 90 valence electrons. The van der Waals surface area contributed by atoms with Crippen LogP contribution >= 0.6 is 11.3 Å². The maximum absolute atomic E-state index is 5.91. The Hall–Kier alpha value is -1.75. The Morgan fingerprint density at radius 3 is 2.88 bits per heavy atom. The fourth-order valence-electron chi connectivity index (χ4n) is 1.48. The summed E-state index contributed by atoms with van der Waals surface area (Å²) >= 11 is 1.68. The van der Waals surface area contributed by atoms with Gasteiger partial charge in [0.2, 0.25) is 0 Å². The normalized spacial score (nSPS) is 10.2. The molecule has 0 unspecified atom stereocenters. The minimum absolute atomic E-state index is 0.678. The average molecular weight is 249 g/mol. The van der Waals surface area contributed by atoms with Gasteiger partial charge in [0.1, 0.15) is 10.8 Å². The predicted molar refractivity (Wildman–Crippen MR) is 71.6 cm³/mol. The van der Waals surface area contributed by atoms with E-state index in [-0.39, 0.29) is 0 Å². The molecule has 1 aromatic carbocycles. The van der Waals surface area contributed by atoms with Gasteiger partial charge in [-0.15, -0.1) is 11.3 Å². The van der Waals surface area contributed by atoms with E-state index < -0.39 is 0 Å². The topological polar surface area (TPSA) is 60.2 Å². The number of anilines is 2. The summed E-state index contributed by atoms with van der Waals surface area (Å²) in [6.45, 7) is 2.73. The van der Waals surface area contributed by atoms with Gasteiger partial charge in [0, 0.05) is 17.1 Å². The van der Waals surface area contributed by atoms with Gasteiger partial charge in [0.15, 0.2) is 0 Å². The van der Waals surface area contributed by atoms with E-state index >= 15 is 0 Å². The van der Waals surface area contributed by atoms with Crippen molar-refractivity contribution in [2.24, 2.45) is 0 Å². The monoisotopic (exact) mass is 249 g/mol. The van der Waals surface area contributed by atoms with Crippen LogP contribution in [0.4, 0.5) is 11.4 Å². The molecular weight excluding hydrogens is 234 g/mol. The van der Waals surface area contributed by atoms with E-state index in [4.69, 9.17) is 10.5 Å². The standard InChI is InChI=1S/C12H15N3OS/c1-8-6-15-12(17-8)7-14-11-4-3-9(16-2)5-10(11)13/h3-6,14H,7,13H2,1-2H3. The van der Waals surface area contributed by atoms with Crippen LogP contribution in [0.5, 0.6) is 5.75 Å². The molecular formula is C12H15N3OS. The zero-order chi connectivity index (χ0) is 12.3. The number of nitrogens with two attached hydrogens (primary N) is 1. The maximum Gasteiger partial charge on any atom is 0.121 e. The maximum atomic E-state index is 5.91. The first-order valence-electron chi connectivity index (χ1n) is 5.27. The number of aromatic nitrogens is 1. The van der Waals surface area contributed by atoms with E-state index in [1.807, 2.05) is 25.3 Å². The summed E-state index contributed by atoms with van der Waals surface area (Å²) in [6, 6.07) is 5.59. The van der Waals surface area contributed by atoms with Crippen LogP contribution in [0.15, 0.2) is 24.4 Å².